The maximum absolute atomic E-state index is 12.5. The predicted octanol–water partition coefficient (Wildman–Crippen LogP) is 2.34. The average Bonchev–Trinajstić information content (AvgIpc) is 3.16. The highest BCUT2D eigenvalue weighted by atomic mass is 16.2. The first kappa shape index (κ1) is 18.4. The van der Waals surface area contributed by atoms with Gasteiger partial charge in [0, 0.05) is 18.0 Å². The van der Waals surface area contributed by atoms with Crippen molar-refractivity contribution in [1.29, 1.82) is 0 Å². The van der Waals surface area contributed by atoms with Crippen molar-refractivity contribution >= 4 is 11.7 Å². The van der Waals surface area contributed by atoms with E-state index < -0.39 is 0 Å². The molecule has 0 bridgehead atoms. The highest BCUT2D eigenvalue weighted by Crippen LogP contribution is 2.14. The second-order valence-corrected chi connectivity index (χ2v) is 6.24. The van der Waals surface area contributed by atoms with Crippen LogP contribution in [-0.4, -0.2) is 31.4 Å². The van der Waals surface area contributed by atoms with Crippen molar-refractivity contribution < 1.29 is 9.59 Å². The number of hydrogen-bond donors (Lipinski definition) is 1. The number of carbonyl (C=O) groups excluding carboxylic acids is 2. The second kappa shape index (κ2) is 8.35. The summed E-state index contributed by atoms with van der Waals surface area (Å²) >= 11 is 0. The average molecular weight is 363 g/mol. The lowest BCUT2D eigenvalue weighted by Gasteiger charge is -2.15. The van der Waals surface area contributed by atoms with Crippen LogP contribution < -0.4 is 5.32 Å². The molecule has 0 fully saturated rings. The monoisotopic (exact) mass is 363 g/mol. The molecule has 138 valence electrons. The Bertz CT molecular complexity index is 919. The highest BCUT2D eigenvalue weighted by molar-refractivity contribution is 6.06. The lowest BCUT2D eigenvalue weighted by molar-refractivity contribution is -0.122. The normalized spacial score (nSPS) is 11.8. The first-order valence-electron chi connectivity index (χ1n) is 8.79. The molecule has 0 unspecified atom stereocenters. The number of aryl methyl sites for hydroxylation is 1. The van der Waals surface area contributed by atoms with Crippen LogP contribution in [0.15, 0.2) is 55.1 Å². The number of amides is 1. The Kier molecular flexibility index (Phi) is 5.71. The molecule has 0 radical (unpaired) electrons. The van der Waals surface area contributed by atoms with Crippen molar-refractivity contribution in [2.75, 3.05) is 0 Å². The molecule has 3 aromatic rings. The Morgan fingerprint density at radius 1 is 1.19 bits per heavy atom. The van der Waals surface area contributed by atoms with E-state index in [2.05, 4.69) is 39.6 Å². The smallest absolute Gasteiger partial charge is 0.240 e. The molecule has 0 aliphatic heterocycles. The van der Waals surface area contributed by atoms with Crippen LogP contribution in [0.3, 0.4) is 0 Å². The molecule has 0 aliphatic rings. The van der Waals surface area contributed by atoms with Gasteiger partial charge in [0.25, 0.3) is 0 Å². The number of carbonyl (C=O) groups is 2. The zero-order chi connectivity index (χ0) is 19.2. The van der Waals surface area contributed by atoms with Gasteiger partial charge in [-0.1, -0.05) is 31.2 Å². The molecule has 0 spiro atoms. The lowest BCUT2D eigenvalue weighted by atomic mass is 10.1. The van der Waals surface area contributed by atoms with Crippen LogP contribution in [0.25, 0.3) is 0 Å². The minimum Gasteiger partial charge on any atom is -0.348 e. The molecule has 1 aromatic carbocycles. The first-order valence-corrected chi connectivity index (χ1v) is 8.79. The Balaban J connectivity index is 1.66. The fraction of sp³-hybridized carbons (Fsp3) is 0.250. The Morgan fingerprint density at radius 2 is 1.96 bits per heavy atom. The summed E-state index contributed by atoms with van der Waals surface area (Å²) in [4.78, 5) is 28.9. The van der Waals surface area contributed by atoms with Gasteiger partial charge in [0.05, 0.1) is 6.04 Å². The fourth-order valence-corrected chi connectivity index (χ4v) is 2.74. The van der Waals surface area contributed by atoms with Gasteiger partial charge in [-0.25, -0.2) is 0 Å². The van der Waals surface area contributed by atoms with Crippen molar-refractivity contribution in [1.82, 2.24) is 25.1 Å². The lowest BCUT2D eigenvalue weighted by Crippen LogP contribution is -2.31. The zero-order valence-electron chi connectivity index (χ0n) is 15.3. The van der Waals surface area contributed by atoms with Gasteiger partial charge in [0.15, 0.2) is 0 Å². The van der Waals surface area contributed by atoms with Crippen LogP contribution in [0, 0.1) is 0 Å². The third kappa shape index (κ3) is 4.44. The molecule has 2 heterocycles. The molecule has 0 aliphatic carbocycles. The molecule has 27 heavy (non-hydrogen) atoms. The number of rotatable bonds is 7. The molecule has 1 atom stereocenters. The van der Waals surface area contributed by atoms with Gasteiger partial charge in [-0.2, -0.15) is 0 Å². The van der Waals surface area contributed by atoms with Gasteiger partial charge < -0.3 is 9.88 Å². The highest BCUT2D eigenvalue weighted by Gasteiger charge is 2.19. The van der Waals surface area contributed by atoms with Crippen molar-refractivity contribution in [3.05, 3.63) is 77.6 Å². The third-order valence-electron chi connectivity index (χ3n) is 4.32. The number of ketones is 1. The van der Waals surface area contributed by atoms with E-state index in [1.807, 2.05) is 19.1 Å². The quantitative estimate of drug-likeness (QED) is 0.651. The molecular weight excluding hydrogens is 342 g/mol. The van der Waals surface area contributed by atoms with Gasteiger partial charge in [0.1, 0.15) is 12.9 Å². The van der Waals surface area contributed by atoms with Crippen molar-refractivity contribution in [2.24, 2.45) is 0 Å². The summed E-state index contributed by atoms with van der Waals surface area (Å²) in [6.45, 7) is 3.99. The number of benzene rings is 1. The first-order chi connectivity index (χ1) is 13.1. The van der Waals surface area contributed by atoms with Gasteiger partial charge in [-0.3, -0.25) is 14.6 Å². The predicted molar refractivity (Wildman–Crippen MR) is 100 cm³/mol. The number of aromatic nitrogens is 4. The summed E-state index contributed by atoms with van der Waals surface area (Å²) in [6.07, 6.45) is 5.40. The van der Waals surface area contributed by atoms with E-state index in [1.54, 1.807) is 18.3 Å². The Labute approximate surface area is 157 Å². The van der Waals surface area contributed by atoms with Gasteiger partial charge in [-0.05, 0) is 36.6 Å². The molecule has 1 N–H and O–H groups in total. The number of pyridine rings is 1. The molecule has 1 amide bonds. The summed E-state index contributed by atoms with van der Waals surface area (Å²) in [6, 6.07) is 11.3. The fourth-order valence-electron chi connectivity index (χ4n) is 2.74. The van der Waals surface area contributed by atoms with Crippen molar-refractivity contribution in [2.45, 2.75) is 32.9 Å². The molecule has 0 saturated heterocycles. The summed E-state index contributed by atoms with van der Waals surface area (Å²) in [5.74, 6) is -0.434. The van der Waals surface area contributed by atoms with E-state index in [-0.39, 0.29) is 30.1 Å². The Morgan fingerprint density at radius 3 is 2.63 bits per heavy atom. The maximum atomic E-state index is 12.5. The Hall–Kier alpha value is -3.35. The van der Waals surface area contributed by atoms with E-state index in [0.29, 0.717) is 5.56 Å². The second-order valence-electron chi connectivity index (χ2n) is 6.24. The van der Waals surface area contributed by atoms with Crippen LogP contribution >= 0.6 is 0 Å². The zero-order valence-corrected chi connectivity index (χ0v) is 15.3. The molecule has 3 rings (SSSR count). The minimum atomic E-state index is -0.323. The van der Waals surface area contributed by atoms with Gasteiger partial charge >= 0.3 is 0 Å². The standard InChI is InChI=1S/C20H21N5O2/c1-3-15-6-8-16(9-7-15)14(2)23-18(26)12-25-13-22-24-20(25)19(27)17-5-4-10-21-11-17/h4-11,13-14H,3,12H2,1-2H3,(H,23,26)/t14-/m0/s1. The van der Waals surface area contributed by atoms with Crippen molar-refractivity contribution in [3.8, 4) is 0 Å². The number of nitrogens with zero attached hydrogens (tertiary/aromatic N) is 4. The molecule has 2 aromatic heterocycles. The van der Waals surface area contributed by atoms with Crippen LogP contribution in [-0.2, 0) is 17.8 Å². The molecule has 7 heteroatoms. The van der Waals surface area contributed by atoms with Crippen LogP contribution in [0.2, 0.25) is 0 Å². The van der Waals surface area contributed by atoms with Crippen LogP contribution in [0.5, 0.6) is 0 Å². The van der Waals surface area contributed by atoms with E-state index >= 15 is 0 Å². The maximum Gasteiger partial charge on any atom is 0.240 e. The minimum absolute atomic E-state index is 0.0360. The topological polar surface area (TPSA) is 89.8 Å². The third-order valence-corrected chi connectivity index (χ3v) is 4.32. The van der Waals surface area contributed by atoms with Crippen LogP contribution in [0.1, 0.15) is 47.2 Å². The summed E-state index contributed by atoms with van der Waals surface area (Å²) in [5.41, 5.74) is 2.67. The summed E-state index contributed by atoms with van der Waals surface area (Å²) < 4.78 is 1.44. The van der Waals surface area contributed by atoms with Crippen LogP contribution in [0.4, 0.5) is 0 Å². The summed E-state index contributed by atoms with van der Waals surface area (Å²) in [5, 5.41) is 10.6. The SMILES string of the molecule is CCc1ccc([C@H](C)NC(=O)Cn2cnnc2C(=O)c2cccnc2)cc1. The van der Waals surface area contributed by atoms with Crippen molar-refractivity contribution in [3.63, 3.8) is 0 Å². The largest absolute Gasteiger partial charge is 0.348 e. The molecule has 0 saturated carbocycles. The van der Waals surface area contributed by atoms with E-state index in [0.717, 1.165) is 12.0 Å². The number of hydrogen-bond acceptors (Lipinski definition) is 5. The molecular formula is C20H21N5O2. The van der Waals surface area contributed by atoms with E-state index in [1.165, 1.54) is 22.7 Å². The summed E-state index contributed by atoms with van der Waals surface area (Å²) in [7, 11) is 0. The molecule has 7 nitrogen and oxygen atoms in total. The van der Waals surface area contributed by atoms with E-state index in [4.69, 9.17) is 0 Å². The van der Waals surface area contributed by atoms with E-state index in [9.17, 15) is 9.59 Å². The van der Waals surface area contributed by atoms with Gasteiger partial charge in [-0.15, -0.1) is 10.2 Å². The number of nitrogens with one attached hydrogen (secondary N) is 1. The van der Waals surface area contributed by atoms with Gasteiger partial charge in [0.2, 0.25) is 17.5 Å².